The van der Waals surface area contributed by atoms with E-state index in [1.165, 1.54) is 0 Å². The molecule has 0 saturated heterocycles. The Labute approximate surface area is 113 Å². The maximum absolute atomic E-state index is 12.5. The Balaban J connectivity index is 2.17. The lowest BCUT2D eigenvalue weighted by Crippen LogP contribution is -2.29. The predicted molar refractivity (Wildman–Crippen MR) is 73.1 cm³/mol. The highest BCUT2D eigenvalue weighted by Gasteiger charge is 2.28. The summed E-state index contributed by atoms with van der Waals surface area (Å²) in [6, 6.07) is 0. The first-order valence-corrected chi connectivity index (χ1v) is 7.02. The molecule has 0 aromatic carbocycles. The van der Waals surface area contributed by atoms with E-state index in [9.17, 15) is 9.90 Å². The highest BCUT2D eigenvalue weighted by atomic mass is 16.3. The van der Waals surface area contributed by atoms with Crippen molar-refractivity contribution in [3.63, 3.8) is 0 Å². The second-order valence-corrected chi connectivity index (χ2v) is 5.44. The van der Waals surface area contributed by atoms with Crippen LogP contribution in [0.25, 0.3) is 0 Å². The van der Waals surface area contributed by atoms with Crippen LogP contribution in [-0.2, 0) is 6.42 Å². The molecule has 1 aromatic rings. The van der Waals surface area contributed by atoms with Gasteiger partial charge in [0.2, 0.25) is 5.91 Å². The first-order chi connectivity index (χ1) is 9.04. The van der Waals surface area contributed by atoms with Crippen molar-refractivity contribution in [3.8, 4) is 0 Å². The minimum Gasteiger partial charge on any atom is -0.393 e. The summed E-state index contributed by atoms with van der Waals surface area (Å²) >= 11 is 0. The normalized spacial score (nSPS) is 23.6. The summed E-state index contributed by atoms with van der Waals surface area (Å²) in [6.07, 6.45) is 3.46. The highest BCUT2D eigenvalue weighted by Crippen LogP contribution is 2.26. The number of nitrogens with zero attached hydrogens (tertiary/aromatic N) is 2. The van der Waals surface area contributed by atoms with E-state index in [4.69, 9.17) is 5.73 Å². The number of carbonyl (C=O) groups is 1. The zero-order valence-electron chi connectivity index (χ0n) is 11.7. The van der Waals surface area contributed by atoms with Crippen molar-refractivity contribution in [2.24, 2.45) is 11.7 Å². The van der Waals surface area contributed by atoms with E-state index < -0.39 is 0 Å². The van der Waals surface area contributed by atoms with Crippen LogP contribution in [0.4, 0.5) is 0 Å². The van der Waals surface area contributed by atoms with Gasteiger partial charge < -0.3 is 10.8 Å². The largest absolute Gasteiger partial charge is 0.393 e. The Morgan fingerprint density at radius 1 is 1.37 bits per heavy atom. The molecule has 5 heteroatoms. The van der Waals surface area contributed by atoms with E-state index >= 15 is 0 Å². The Kier molecular flexibility index (Phi) is 4.37. The maximum atomic E-state index is 12.5. The maximum Gasteiger partial charge on any atom is 0.250 e. The monoisotopic (exact) mass is 265 g/mol. The molecule has 0 unspecified atom stereocenters. The van der Waals surface area contributed by atoms with Gasteiger partial charge in [0, 0.05) is 11.6 Å². The number of aliphatic hydroxyl groups excluding tert-OH is 1. The van der Waals surface area contributed by atoms with Crippen molar-refractivity contribution in [2.45, 2.75) is 52.1 Å². The molecular weight excluding hydrogens is 242 g/mol. The fourth-order valence-electron chi connectivity index (χ4n) is 2.89. The van der Waals surface area contributed by atoms with Crippen LogP contribution in [0.2, 0.25) is 0 Å². The standard InChI is InChI=1S/C14H23N3O2/c1-9-13(7-8-15)10(2)17(16-9)14(19)11-3-5-12(18)6-4-11/h11-12,18H,3-8,15H2,1-2H3. The second-order valence-electron chi connectivity index (χ2n) is 5.44. The first-order valence-electron chi connectivity index (χ1n) is 7.02. The lowest BCUT2D eigenvalue weighted by atomic mass is 9.87. The van der Waals surface area contributed by atoms with Crippen LogP contribution < -0.4 is 5.73 Å². The predicted octanol–water partition coefficient (Wildman–Crippen LogP) is 1.19. The fraction of sp³-hybridized carbons (Fsp3) is 0.714. The fourth-order valence-corrected chi connectivity index (χ4v) is 2.89. The van der Waals surface area contributed by atoms with Gasteiger partial charge in [0.15, 0.2) is 0 Å². The number of carbonyl (C=O) groups excluding carboxylic acids is 1. The molecule has 3 N–H and O–H groups in total. The third kappa shape index (κ3) is 2.87. The molecular formula is C14H23N3O2. The van der Waals surface area contributed by atoms with Crippen LogP contribution in [0.5, 0.6) is 0 Å². The Morgan fingerprint density at radius 2 is 2.00 bits per heavy atom. The number of hydrogen-bond acceptors (Lipinski definition) is 4. The Bertz CT molecular complexity index is 460. The molecule has 106 valence electrons. The van der Waals surface area contributed by atoms with E-state index in [1.807, 2.05) is 13.8 Å². The zero-order chi connectivity index (χ0) is 14.0. The second kappa shape index (κ2) is 5.84. The lowest BCUT2D eigenvalue weighted by Gasteiger charge is -2.24. The molecule has 1 aliphatic carbocycles. The Hall–Kier alpha value is -1.20. The van der Waals surface area contributed by atoms with Gasteiger partial charge in [-0.2, -0.15) is 5.10 Å². The molecule has 1 aromatic heterocycles. The minimum atomic E-state index is -0.239. The van der Waals surface area contributed by atoms with E-state index in [2.05, 4.69) is 5.10 Å². The van der Waals surface area contributed by atoms with Crippen LogP contribution in [0.1, 0.15) is 47.4 Å². The number of rotatable bonds is 3. The SMILES string of the molecule is Cc1nn(C(=O)C2CCC(O)CC2)c(C)c1CCN. The summed E-state index contributed by atoms with van der Waals surface area (Å²) in [5.74, 6) is 0.0582. The molecule has 0 amide bonds. The van der Waals surface area contributed by atoms with Gasteiger partial charge in [-0.25, -0.2) is 4.68 Å². The molecule has 1 fully saturated rings. The van der Waals surface area contributed by atoms with Crippen LogP contribution >= 0.6 is 0 Å². The minimum absolute atomic E-state index is 0.00729. The average Bonchev–Trinajstić information content (AvgIpc) is 2.67. The van der Waals surface area contributed by atoms with E-state index in [1.54, 1.807) is 4.68 Å². The lowest BCUT2D eigenvalue weighted by molar-refractivity contribution is 0.0669. The highest BCUT2D eigenvalue weighted by molar-refractivity contribution is 5.81. The van der Waals surface area contributed by atoms with Gasteiger partial charge in [0.1, 0.15) is 0 Å². The quantitative estimate of drug-likeness (QED) is 0.860. The summed E-state index contributed by atoms with van der Waals surface area (Å²) < 4.78 is 1.54. The smallest absolute Gasteiger partial charge is 0.250 e. The number of hydrogen-bond donors (Lipinski definition) is 2. The van der Waals surface area contributed by atoms with Crippen LogP contribution in [-0.4, -0.2) is 33.4 Å². The van der Waals surface area contributed by atoms with Crippen LogP contribution in [0, 0.1) is 19.8 Å². The van der Waals surface area contributed by atoms with Crippen molar-refractivity contribution < 1.29 is 9.90 Å². The van der Waals surface area contributed by atoms with Crippen molar-refractivity contribution in [3.05, 3.63) is 17.0 Å². The molecule has 5 nitrogen and oxygen atoms in total. The van der Waals surface area contributed by atoms with Gasteiger partial charge in [0.05, 0.1) is 11.8 Å². The molecule has 0 aliphatic heterocycles. The summed E-state index contributed by atoms with van der Waals surface area (Å²) in [6.45, 7) is 4.42. The van der Waals surface area contributed by atoms with E-state index in [0.29, 0.717) is 19.4 Å². The molecule has 1 heterocycles. The van der Waals surface area contributed by atoms with Crippen molar-refractivity contribution >= 4 is 5.91 Å². The Morgan fingerprint density at radius 3 is 2.58 bits per heavy atom. The number of aliphatic hydroxyl groups is 1. The van der Waals surface area contributed by atoms with Gasteiger partial charge in [0.25, 0.3) is 0 Å². The van der Waals surface area contributed by atoms with Gasteiger partial charge in [-0.1, -0.05) is 0 Å². The molecule has 0 spiro atoms. The topological polar surface area (TPSA) is 81.1 Å². The third-order valence-corrected chi connectivity index (χ3v) is 4.09. The van der Waals surface area contributed by atoms with Gasteiger partial charge in [-0.15, -0.1) is 0 Å². The molecule has 1 saturated carbocycles. The van der Waals surface area contributed by atoms with E-state index in [0.717, 1.165) is 36.2 Å². The summed E-state index contributed by atoms with van der Waals surface area (Å²) in [4.78, 5) is 12.5. The van der Waals surface area contributed by atoms with Gasteiger partial charge >= 0.3 is 0 Å². The van der Waals surface area contributed by atoms with Crippen LogP contribution in [0.3, 0.4) is 0 Å². The molecule has 0 bridgehead atoms. The van der Waals surface area contributed by atoms with Gasteiger partial charge in [-0.05, 0) is 58.1 Å². The first kappa shape index (κ1) is 14.2. The average molecular weight is 265 g/mol. The molecule has 19 heavy (non-hydrogen) atoms. The van der Waals surface area contributed by atoms with Crippen molar-refractivity contribution in [1.29, 1.82) is 0 Å². The summed E-state index contributed by atoms with van der Waals surface area (Å²) in [5, 5.41) is 13.9. The van der Waals surface area contributed by atoms with Crippen LogP contribution in [0.15, 0.2) is 0 Å². The zero-order valence-corrected chi connectivity index (χ0v) is 11.7. The van der Waals surface area contributed by atoms with Gasteiger partial charge in [-0.3, -0.25) is 4.79 Å². The molecule has 0 atom stereocenters. The number of aryl methyl sites for hydroxylation is 1. The van der Waals surface area contributed by atoms with Crippen molar-refractivity contribution in [2.75, 3.05) is 6.54 Å². The third-order valence-electron chi connectivity index (χ3n) is 4.09. The summed E-state index contributed by atoms with van der Waals surface area (Å²) in [5.41, 5.74) is 8.49. The molecule has 1 aliphatic rings. The van der Waals surface area contributed by atoms with E-state index in [-0.39, 0.29) is 17.9 Å². The number of aromatic nitrogens is 2. The molecule has 0 radical (unpaired) electrons. The number of nitrogens with two attached hydrogens (primary N) is 1. The van der Waals surface area contributed by atoms with Crippen molar-refractivity contribution in [1.82, 2.24) is 9.78 Å². The molecule has 2 rings (SSSR count). The summed E-state index contributed by atoms with van der Waals surface area (Å²) in [7, 11) is 0.